The second-order valence-electron chi connectivity index (χ2n) is 6.36. The SMILES string of the molecule is Cc1onc(NC(=O)N2CCCC(O)(CC(=O)N(C)C)C2)c1C. The summed E-state index contributed by atoms with van der Waals surface area (Å²) >= 11 is 0. The second-order valence-corrected chi connectivity index (χ2v) is 6.36. The molecule has 23 heavy (non-hydrogen) atoms. The number of hydrogen-bond acceptors (Lipinski definition) is 5. The van der Waals surface area contributed by atoms with E-state index in [-0.39, 0.29) is 24.9 Å². The molecule has 2 N–H and O–H groups in total. The largest absolute Gasteiger partial charge is 0.387 e. The van der Waals surface area contributed by atoms with Crippen LogP contribution in [0.15, 0.2) is 4.52 Å². The van der Waals surface area contributed by atoms with Crippen LogP contribution in [0.3, 0.4) is 0 Å². The number of carbonyl (C=O) groups excluding carboxylic acids is 2. The molecule has 8 heteroatoms. The normalized spacial score (nSPS) is 21.2. The summed E-state index contributed by atoms with van der Waals surface area (Å²) in [5.74, 6) is 0.871. The van der Waals surface area contributed by atoms with Crippen LogP contribution in [-0.2, 0) is 4.79 Å². The van der Waals surface area contributed by atoms with E-state index in [9.17, 15) is 14.7 Å². The van der Waals surface area contributed by atoms with E-state index in [0.29, 0.717) is 31.0 Å². The second kappa shape index (κ2) is 6.57. The van der Waals surface area contributed by atoms with Gasteiger partial charge in [0.1, 0.15) is 5.76 Å². The maximum Gasteiger partial charge on any atom is 0.323 e. The molecule has 1 atom stereocenters. The van der Waals surface area contributed by atoms with E-state index >= 15 is 0 Å². The zero-order valence-corrected chi connectivity index (χ0v) is 14.0. The van der Waals surface area contributed by atoms with Gasteiger partial charge in [-0.1, -0.05) is 5.16 Å². The quantitative estimate of drug-likeness (QED) is 0.868. The Morgan fingerprint density at radius 2 is 2.13 bits per heavy atom. The average Bonchev–Trinajstić information content (AvgIpc) is 2.78. The van der Waals surface area contributed by atoms with Crippen molar-refractivity contribution in [2.75, 3.05) is 32.5 Å². The van der Waals surface area contributed by atoms with Crippen LogP contribution in [0.1, 0.15) is 30.6 Å². The number of β-amino-alcohol motifs (C(OH)–C–C–N with tert-alkyl or cyclic N) is 1. The fourth-order valence-electron chi connectivity index (χ4n) is 2.58. The van der Waals surface area contributed by atoms with Gasteiger partial charge < -0.3 is 19.4 Å². The molecule has 0 aromatic carbocycles. The molecule has 0 spiro atoms. The molecule has 128 valence electrons. The first kappa shape index (κ1) is 17.3. The van der Waals surface area contributed by atoms with Gasteiger partial charge in [0.15, 0.2) is 5.82 Å². The average molecular weight is 324 g/mol. The van der Waals surface area contributed by atoms with Crippen molar-refractivity contribution < 1.29 is 19.2 Å². The molecule has 1 aromatic heterocycles. The van der Waals surface area contributed by atoms with Crippen molar-refractivity contribution in [2.24, 2.45) is 0 Å². The van der Waals surface area contributed by atoms with Gasteiger partial charge in [0, 0.05) is 26.2 Å². The lowest BCUT2D eigenvalue weighted by Gasteiger charge is -2.39. The third-order valence-electron chi connectivity index (χ3n) is 4.20. The molecular weight excluding hydrogens is 300 g/mol. The van der Waals surface area contributed by atoms with Gasteiger partial charge in [-0.15, -0.1) is 0 Å². The highest BCUT2D eigenvalue weighted by Gasteiger charge is 2.37. The molecule has 1 aromatic rings. The predicted molar refractivity (Wildman–Crippen MR) is 84.1 cm³/mol. The fourth-order valence-corrected chi connectivity index (χ4v) is 2.58. The molecule has 8 nitrogen and oxygen atoms in total. The van der Waals surface area contributed by atoms with Crippen LogP contribution in [0, 0.1) is 13.8 Å². The Labute approximate surface area is 135 Å². The monoisotopic (exact) mass is 324 g/mol. The Morgan fingerprint density at radius 1 is 1.43 bits per heavy atom. The fraction of sp³-hybridized carbons (Fsp3) is 0.667. The van der Waals surface area contributed by atoms with Crippen molar-refractivity contribution in [3.8, 4) is 0 Å². The summed E-state index contributed by atoms with van der Waals surface area (Å²) in [4.78, 5) is 27.2. The summed E-state index contributed by atoms with van der Waals surface area (Å²) in [7, 11) is 3.29. The van der Waals surface area contributed by atoms with Gasteiger partial charge in [-0.25, -0.2) is 4.79 Å². The van der Waals surface area contributed by atoms with E-state index in [0.717, 1.165) is 5.56 Å². The molecule has 2 heterocycles. The van der Waals surface area contributed by atoms with Crippen LogP contribution >= 0.6 is 0 Å². The Kier molecular flexibility index (Phi) is 4.93. The topological polar surface area (TPSA) is 98.9 Å². The van der Waals surface area contributed by atoms with Crippen molar-refractivity contribution in [2.45, 2.75) is 38.7 Å². The summed E-state index contributed by atoms with van der Waals surface area (Å²) in [6, 6.07) is -0.350. The van der Waals surface area contributed by atoms with Crippen molar-refractivity contribution in [3.05, 3.63) is 11.3 Å². The number of piperidine rings is 1. The number of hydrogen-bond donors (Lipinski definition) is 2. The number of anilines is 1. The minimum absolute atomic E-state index is 0.00583. The summed E-state index contributed by atoms with van der Waals surface area (Å²) < 4.78 is 5.02. The molecule has 0 aliphatic carbocycles. The Bertz CT molecular complexity index is 598. The molecule has 1 aliphatic heterocycles. The highest BCUT2D eigenvalue weighted by Crippen LogP contribution is 2.26. The highest BCUT2D eigenvalue weighted by molar-refractivity contribution is 5.89. The highest BCUT2D eigenvalue weighted by atomic mass is 16.5. The molecule has 1 fully saturated rings. The Morgan fingerprint density at radius 3 is 2.70 bits per heavy atom. The summed E-state index contributed by atoms with van der Waals surface area (Å²) in [5.41, 5.74) is -0.417. The predicted octanol–water partition coefficient (Wildman–Crippen LogP) is 1.13. The summed E-state index contributed by atoms with van der Waals surface area (Å²) in [6.07, 6.45) is 1.14. The van der Waals surface area contributed by atoms with Crippen LogP contribution in [-0.4, -0.2) is 64.8 Å². The van der Waals surface area contributed by atoms with Crippen LogP contribution in [0.25, 0.3) is 0 Å². The first-order chi connectivity index (χ1) is 10.7. The number of nitrogens with zero attached hydrogens (tertiary/aromatic N) is 3. The number of amides is 3. The third kappa shape index (κ3) is 4.01. The zero-order valence-electron chi connectivity index (χ0n) is 14.0. The molecule has 1 saturated heterocycles. The van der Waals surface area contributed by atoms with E-state index in [2.05, 4.69) is 10.5 Å². The third-order valence-corrected chi connectivity index (χ3v) is 4.20. The van der Waals surface area contributed by atoms with Crippen LogP contribution in [0.4, 0.5) is 10.6 Å². The number of likely N-dealkylation sites (tertiary alicyclic amines) is 1. The molecular formula is C15H24N4O4. The zero-order chi connectivity index (χ0) is 17.2. The molecule has 0 bridgehead atoms. The number of urea groups is 1. The molecule has 1 aliphatic rings. The van der Waals surface area contributed by atoms with Crippen LogP contribution < -0.4 is 5.32 Å². The number of aryl methyl sites for hydroxylation is 1. The number of aliphatic hydroxyl groups is 1. The lowest BCUT2D eigenvalue weighted by molar-refractivity contribution is -0.135. The maximum atomic E-state index is 12.4. The summed E-state index contributed by atoms with van der Waals surface area (Å²) in [5, 5.41) is 17.1. The standard InChI is InChI=1S/C15H24N4O4/c1-10-11(2)23-17-13(10)16-14(21)19-7-5-6-15(22,9-19)8-12(20)18(3)4/h22H,5-9H2,1-4H3,(H,16,17,21). The van der Waals surface area contributed by atoms with Gasteiger partial charge in [0.25, 0.3) is 0 Å². The number of aromatic nitrogens is 1. The molecule has 3 amide bonds. The van der Waals surface area contributed by atoms with Crippen molar-refractivity contribution in [1.82, 2.24) is 15.0 Å². The van der Waals surface area contributed by atoms with E-state index in [4.69, 9.17) is 4.52 Å². The van der Waals surface area contributed by atoms with Gasteiger partial charge >= 0.3 is 6.03 Å². The Balaban J connectivity index is 2.01. The lowest BCUT2D eigenvalue weighted by Crippen LogP contribution is -2.53. The minimum atomic E-state index is -1.19. The first-order valence-electron chi connectivity index (χ1n) is 7.63. The maximum absolute atomic E-state index is 12.4. The molecule has 2 rings (SSSR count). The van der Waals surface area contributed by atoms with Gasteiger partial charge in [0.2, 0.25) is 5.91 Å². The smallest absolute Gasteiger partial charge is 0.323 e. The van der Waals surface area contributed by atoms with Gasteiger partial charge in [-0.3, -0.25) is 10.1 Å². The van der Waals surface area contributed by atoms with Crippen molar-refractivity contribution >= 4 is 17.8 Å². The molecule has 0 saturated carbocycles. The number of rotatable bonds is 3. The van der Waals surface area contributed by atoms with Crippen LogP contribution in [0.2, 0.25) is 0 Å². The van der Waals surface area contributed by atoms with Gasteiger partial charge in [0.05, 0.1) is 18.6 Å². The minimum Gasteiger partial charge on any atom is -0.387 e. The summed E-state index contributed by atoms with van der Waals surface area (Å²) in [6.45, 7) is 4.22. The van der Waals surface area contributed by atoms with Crippen LogP contribution in [0.5, 0.6) is 0 Å². The van der Waals surface area contributed by atoms with Crippen molar-refractivity contribution in [3.63, 3.8) is 0 Å². The molecule has 1 unspecified atom stereocenters. The first-order valence-corrected chi connectivity index (χ1v) is 7.63. The van der Waals surface area contributed by atoms with E-state index in [1.165, 1.54) is 9.80 Å². The van der Waals surface area contributed by atoms with E-state index < -0.39 is 5.60 Å². The van der Waals surface area contributed by atoms with Gasteiger partial charge in [-0.05, 0) is 26.7 Å². The van der Waals surface area contributed by atoms with E-state index in [1.54, 1.807) is 21.0 Å². The number of carbonyl (C=O) groups is 2. The van der Waals surface area contributed by atoms with Crippen molar-refractivity contribution in [1.29, 1.82) is 0 Å². The Hall–Kier alpha value is -2.09. The van der Waals surface area contributed by atoms with E-state index in [1.807, 2.05) is 6.92 Å². The van der Waals surface area contributed by atoms with Gasteiger partial charge in [-0.2, -0.15) is 0 Å². The number of nitrogens with one attached hydrogen (secondary N) is 1. The lowest BCUT2D eigenvalue weighted by atomic mass is 9.89. The molecule has 0 radical (unpaired) electrons.